The van der Waals surface area contributed by atoms with Gasteiger partial charge in [0, 0.05) is 6.07 Å². The zero-order valence-electron chi connectivity index (χ0n) is 6.87. The highest BCUT2D eigenvalue weighted by molar-refractivity contribution is 5.84. The van der Waals surface area contributed by atoms with Gasteiger partial charge >= 0.3 is 6.09 Å². The van der Waals surface area contributed by atoms with Gasteiger partial charge in [0.25, 0.3) is 0 Å². The molecule has 0 unspecified atom stereocenters. The molecule has 13 heavy (non-hydrogen) atoms. The highest BCUT2D eigenvalue weighted by Gasteiger charge is 2.06. The van der Waals surface area contributed by atoms with Crippen molar-refractivity contribution in [3.8, 4) is 5.75 Å². The molecule has 0 radical (unpaired) electrons. The summed E-state index contributed by atoms with van der Waals surface area (Å²) < 4.78 is 17.1. The van der Waals surface area contributed by atoms with Gasteiger partial charge in [-0.3, -0.25) is 5.32 Å². The van der Waals surface area contributed by atoms with E-state index in [2.05, 4.69) is 10.1 Å². The van der Waals surface area contributed by atoms with Crippen LogP contribution in [-0.4, -0.2) is 18.3 Å². The standard InChI is InChI=1S/C8H8FNO3/c1-13-8(12)10-7-4-5(11)2-3-6(7)9/h2-4,11H,1H3,(H,10,12). The Morgan fingerprint density at radius 2 is 2.31 bits per heavy atom. The summed E-state index contributed by atoms with van der Waals surface area (Å²) in [7, 11) is 1.16. The van der Waals surface area contributed by atoms with Gasteiger partial charge in [0.15, 0.2) is 0 Å². The molecule has 1 amide bonds. The molecule has 70 valence electrons. The summed E-state index contributed by atoms with van der Waals surface area (Å²) in [6, 6.07) is 3.31. The SMILES string of the molecule is COC(=O)Nc1cc(O)ccc1F. The number of amides is 1. The van der Waals surface area contributed by atoms with E-state index in [4.69, 9.17) is 5.11 Å². The van der Waals surface area contributed by atoms with E-state index in [9.17, 15) is 9.18 Å². The Labute approximate surface area is 73.9 Å². The average molecular weight is 185 g/mol. The number of methoxy groups -OCH3 is 1. The molecular formula is C8H8FNO3. The van der Waals surface area contributed by atoms with E-state index in [0.29, 0.717) is 0 Å². The molecule has 1 rings (SSSR count). The molecule has 0 aliphatic carbocycles. The van der Waals surface area contributed by atoms with Gasteiger partial charge in [-0.25, -0.2) is 9.18 Å². The molecule has 1 aromatic rings. The fraction of sp³-hybridized carbons (Fsp3) is 0.125. The number of halogens is 1. The lowest BCUT2D eigenvalue weighted by atomic mass is 10.3. The van der Waals surface area contributed by atoms with Crippen LogP contribution in [0.3, 0.4) is 0 Å². The maximum Gasteiger partial charge on any atom is 0.411 e. The Bertz CT molecular complexity index is 327. The van der Waals surface area contributed by atoms with Crippen LogP contribution < -0.4 is 5.32 Å². The second-order valence-electron chi connectivity index (χ2n) is 2.28. The Morgan fingerprint density at radius 3 is 2.92 bits per heavy atom. The normalized spacial score (nSPS) is 9.38. The van der Waals surface area contributed by atoms with E-state index in [0.717, 1.165) is 19.2 Å². The molecule has 0 bridgehead atoms. The molecule has 0 spiro atoms. The largest absolute Gasteiger partial charge is 0.508 e. The van der Waals surface area contributed by atoms with Gasteiger partial charge in [0.2, 0.25) is 0 Å². The van der Waals surface area contributed by atoms with Crippen molar-refractivity contribution in [1.29, 1.82) is 0 Å². The van der Waals surface area contributed by atoms with Crippen LogP contribution in [0.1, 0.15) is 0 Å². The number of rotatable bonds is 1. The van der Waals surface area contributed by atoms with Gasteiger partial charge in [0.1, 0.15) is 11.6 Å². The van der Waals surface area contributed by atoms with Crippen LogP contribution >= 0.6 is 0 Å². The molecule has 4 nitrogen and oxygen atoms in total. The van der Waals surface area contributed by atoms with E-state index >= 15 is 0 Å². The zero-order valence-corrected chi connectivity index (χ0v) is 6.87. The van der Waals surface area contributed by atoms with E-state index < -0.39 is 11.9 Å². The molecule has 0 saturated carbocycles. The molecule has 0 aromatic heterocycles. The molecule has 0 atom stereocenters. The van der Waals surface area contributed by atoms with Crippen molar-refractivity contribution in [2.75, 3.05) is 12.4 Å². The van der Waals surface area contributed by atoms with Crippen molar-refractivity contribution >= 4 is 11.8 Å². The summed E-state index contributed by atoms with van der Waals surface area (Å²) in [5, 5.41) is 11.1. The smallest absolute Gasteiger partial charge is 0.411 e. The van der Waals surface area contributed by atoms with Gasteiger partial charge < -0.3 is 9.84 Å². The monoisotopic (exact) mass is 185 g/mol. The first-order valence-electron chi connectivity index (χ1n) is 3.47. The van der Waals surface area contributed by atoms with Crippen LogP contribution in [-0.2, 0) is 4.74 Å². The Kier molecular flexibility index (Phi) is 2.69. The van der Waals surface area contributed by atoms with Crippen LogP contribution in [0, 0.1) is 5.82 Å². The number of carbonyl (C=O) groups is 1. The predicted octanol–water partition coefficient (Wildman–Crippen LogP) is 1.71. The lowest BCUT2D eigenvalue weighted by molar-refractivity contribution is 0.187. The summed E-state index contributed by atoms with van der Waals surface area (Å²) in [6.45, 7) is 0. The molecule has 2 N–H and O–H groups in total. The zero-order chi connectivity index (χ0) is 9.84. The summed E-state index contributed by atoms with van der Waals surface area (Å²) in [5.74, 6) is -0.768. The lowest BCUT2D eigenvalue weighted by Crippen LogP contribution is -2.11. The van der Waals surface area contributed by atoms with Crippen LogP contribution in [0.15, 0.2) is 18.2 Å². The van der Waals surface area contributed by atoms with Gasteiger partial charge in [-0.2, -0.15) is 0 Å². The summed E-state index contributed by atoms with van der Waals surface area (Å²) in [4.78, 5) is 10.7. The topological polar surface area (TPSA) is 58.6 Å². The van der Waals surface area contributed by atoms with Crippen molar-refractivity contribution in [3.63, 3.8) is 0 Å². The summed E-state index contributed by atoms with van der Waals surface area (Å²) in [5.41, 5.74) is -0.119. The molecule has 0 aliphatic heterocycles. The van der Waals surface area contributed by atoms with Crippen molar-refractivity contribution in [3.05, 3.63) is 24.0 Å². The van der Waals surface area contributed by atoms with Crippen molar-refractivity contribution in [2.45, 2.75) is 0 Å². The van der Waals surface area contributed by atoms with Crippen LogP contribution in [0.5, 0.6) is 5.75 Å². The van der Waals surface area contributed by atoms with Crippen molar-refractivity contribution in [1.82, 2.24) is 0 Å². The van der Waals surface area contributed by atoms with Gasteiger partial charge in [0.05, 0.1) is 12.8 Å². The van der Waals surface area contributed by atoms with E-state index in [-0.39, 0.29) is 11.4 Å². The minimum absolute atomic E-state index is 0.119. The third-order valence-electron chi connectivity index (χ3n) is 1.37. The number of carbonyl (C=O) groups excluding carboxylic acids is 1. The molecular weight excluding hydrogens is 177 g/mol. The fourth-order valence-corrected chi connectivity index (χ4v) is 0.770. The number of anilines is 1. The number of phenolic OH excluding ortho intramolecular Hbond substituents is 1. The predicted molar refractivity (Wildman–Crippen MR) is 44.1 cm³/mol. The number of hydrogen-bond acceptors (Lipinski definition) is 3. The quantitative estimate of drug-likeness (QED) is 0.700. The molecule has 0 heterocycles. The first kappa shape index (κ1) is 9.31. The van der Waals surface area contributed by atoms with Crippen LogP contribution in [0.4, 0.5) is 14.9 Å². The number of aromatic hydroxyl groups is 1. The van der Waals surface area contributed by atoms with Gasteiger partial charge in [-0.05, 0) is 12.1 Å². The highest BCUT2D eigenvalue weighted by Crippen LogP contribution is 2.19. The van der Waals surface area contributed by atoms with Crippen LogP contribution in [0.25, 0.3) is 0 Å². The van der Waals surface area contributed by atoms with Gasteiger partial charge in [-0.15, -0.1) is 0 Å². The highest BCUT2D eigenvalue weighted by atomic mass is 19.1. The molecule has 0 fully saturated rings. The van der Waals surface area contributed by atoms with E-state index in [1.165, 1.54) is 6.07 Å². The Hall–Kier alpha value is -1.78. The number of nitrogens with one attached hydrogen (secondary N) is 1. The molecule has 0 aliphatic rings. The maximum atomic E-state index is 12.9. The summed E-state index contributed by atoms with van der Waals surface area (Å²) >= 11 is 0. The summed E-state index contributed by atoms with van der Waals surface area (Å²) in [6.07, 6.45) is -0.787. The number of ether oxygens (including phenoxy) is 1. The first-order valence-corrected chi connectivity index (χ1v) is 3.47. The number of benzene rings is 1. The second kappa shape index (κ2) is 3.75. The third-order valence-corrected chi connectivity index (χ3v) is 1.37. The van der Waals surface area contributed by atoms with E-state index in [1.54, 1.807) is 0 Å². The Balaban J connectivity index is 2.87. The average Bonchev–Trinajstić information content (AvgIpc) is 2.11. The fourth-order valence-electron chi connectivity index (χ4n) is 0.770. The van der Waals surface area contributed by atoms with Crippen molar-refractivity contribution in [2.24, 2.45) is 0 Å². The molecule has 1 aromatic carbocycles. The minimum atomic E-state index is -0.787. The van der Waals surface area contributed by atoms with Crippen molar-refractivity contribution < 1.29 is 19.0 Å². The van der Waals surface area contributed by atoms with Crippen LogP contribution in [0.2, 0.25) is 0 Å². The Morgan fingerprint density at radius 1 is 1.62 bits per heavy atom. The molecule has 5 heteroatoms. The molecule has 0 saturated heterocycles. The lowest BCUT2D eigenvalue weighted by Gasteiger charge is -2.04. The maximum absolute atomic E-state index is 12.9. The number of phenols is 1. The first-order chi connectivity index (χ1) is 6.13. The second-order valence-corrected chi connectivity index (χ2v) is 2.28. The number of hydrogen-bond donors (Lipinski definition) is 2. The third kappa shape index (κ3) is 2.33. The van der Waals surface area contributed by atoms with E-state index in [1.807, 2.05) is 0 Å². The van der Waals surface area contributed by atoms with Gasteiger partial charge in [-0.1, -0.05) is 0 Å². The minimum Gasteiger partial charge on any atom is -0.508 e.